The monoisotopic (exact) mass is 462 g/mol. The maximum absolute atomic E-state index is 13.0. The summed E-state index contributed by atoms with van der Waals surface area (Å²) in [5.41, 5.74) is 4.50. The number of ether oxygens (including phenoxy) is 1. The molecule has 0 radical (unpaired) electrons. The van der Waals surface area contributed by atoms with Crippen LogP contribution in [0.15, 0.2) is 48.5 Å². The van der Waals surface area contributed by atoms with Crippen LogP contribution in [0.25, 0.3) is 11.1 Å². The number of hydrogen-bond donors (Lipinski definition) is 2. The number of fused-ring (bicyclic) bond motifs is 3. The first-order valence-corrected chi connectivity index (χ1v) is 12.1. The molecule has 7 heteroatoms. The lowest BCUT2D eigenvalue weighted by atomic mass is 9.92. The molecule has 7 nitrogen and oxygen atoms in total. The molecule has 2 aliphatic carbocycles. The maximum Gasteiger partial charge on any atom is 0.407 e. The molecule has 0 aromatic heterocycles. The quantitative estimate of drug-likeness (QED) is 0.587. The van der Waals surface area contributed by atoms with Crippen LogP contribution in [0.2, 0.25) is 0 Å². The van der Waals surface area contributed by atoms with Crippen molar-refractivity contribution in [2.45, 2.75) is 44.1 Å². The molecule has 34 heavy (non-hydrogen) atoms. The van der Waals surface area contributed by atoms with E-state index in [1.807, 2.05) is 36.4 Å². The van der Waals surface area contributed by atoms with Gasteiger partial charge in [-0.1, -0.05) is 61.4 Å². The van der Waals surface area contributed by atoms with Crippen LogP contribution in [-0.4, -0.2) is 53.7 Å². The van der Waals surface area contributed by atoms with Gasteiger partial charge in [0.1, 0.15) is 12.6 Å². The first-order valence-electron chi connectivity index (χ1n) is 12.1. The highest BCUT2D eigenvalue weighted by molar-refractivity contribution is 5.87. The molecule has 2 aromatic carbocycles. The number of hydrogen-bond acceptors (Lipinski definition) is 4. The topological polar surface area (TPSA) is 95.9 Å². The van der Waals surface area contributed by atoms with Gasteiger partial charge in [0.15, 0.2) is 0 Å². The van der Waals surface area contributed by atoms with Crippen molar-refractivity contribution >= 4 is 18.0 Å². The van der Waals surface area contributed by atoms with E-state index in [1.54, 1.807) is 4.90 Å². The number of rotatable bonds is 9. The lowest BCUT2D eigenvalue weighted by Gasteiger charge is -2.41. The van der Waals surface area contributed by atoms with E-state index in [9.17, 15) is 14.4 Å². The summed E-state index contributed by atoms with van der Waals surface area (Å²) in [4.78, 5) is 38.5. The molecule has 1 atom stereocenters. The Labute approximate surface area is 199 Å². The lowest BCUT2D eigenvalue weighted by Crippen LogP contribution is -2.57. The highest BCUT2D eigenvalue weighted by Crippen LogP contribution is 2.44. The fourth-order valence-electron chi connectivity index (χ4n) is 5.25. The Bertz CT molecular complexity index is 1040. The Morgan fingerprint density at radius 2 is 1.59 bits per heavy atom. The van der Waals surface area contributed by atoms with Crippen molar-refractivity contribution in [1.82, 2.24) is 10.2 Å². The van der Waals surface area contributed by atoms with Crippen molar-refractivity contribution < 1.29 is 24.2 Å². The molecule has 2 N–H and O–H groups in total. The molecule has 2 fully saturated rings. The zero-order chi connectivity index (χ0) is 23.7. The Balaban J connectivity index is 1.20. The molecule has 1 saturated carbocycles. The number of carbonyl (C=O) groups is 3. The van der Waals surface area contributed by atoms with Gasteiger partial charge >= 0.3 is 12.1 Å². The minimum Gasteiger partial charge on any atom is -0.481 e. The van der Waals surface area contributed by atoms with E-state index < -0.39 is 18.1 Å². The second-order valence-corrected chi connectivity index (χ2v) is 9.74. The summed E-state index contributed by atoms with van der Waals surface area (Å²) in [6.07, 6.45) is 2.88. The number of aliphatic carboxylic acids is 1. The van der Waals surface area contributed by atoms with Gasteiger partial charge in [0.25, 0.3) is 0 Å². The van der Waals surface area contributed by atoms with Gasteiger partial charge in [-0.2, -0.15) is 0 Å². The third-order valence-electron chi connectivity index (χ3n) is 7.21. The van der Waals surface area contributed by atoms with Crippen LogP contribution in [-0.2, 0) is 14.3 Å². The fourth-order valence-corrected chi connectivity index (χ4v) is 5.25. The zero-order valence-corrected chi connectivity index (χ0v) is 19.1. The first-order chi connectivity index (χ1) is 16.5. The molecule has 1 unspecified atom stereocenters. The second-order valence-electron chi connectivity index (χ2n) is 9.74. The Morgan fingerprint density at radius 1 is 0.971 bits per heavy atom. The second kappa shape index (κ2) is 9.49. The summed E-state index contributed by atoms with van der Waals surface area (Å²) in [5.74, 6) is 0.0316. The van der Waals surface area contributed by atoms with Crippen molar-refractivity contribution in [1.29, 1.82) is 0 Å². The number of nitrogens with one attached hydrogen (secondary N) is 1. The van der Waals surface area contributed by atoms with Crippen molar-refractivity contribution in [3.05, 3.63) is 59.7 Å². The summed E-state index contributed by atoms with van der Waals surface area (Å²) in [6, 6.07) is 15.3. The molecular weight excluding hydrogens is 432 g/mol. The van der Waals surface area contributed by atoms with E-state index in [-0.39, 0.29) is 31.3 Å². The molecule has 1 heterocycles. The average Bonchev–Trinajstić information content (AvgIpc) is 3.57. The molecule has 2 aromatic rings. The smallest absolute Gasteiger partial charge is 0.407 e. The number of likely N-dealkylation sites (tertiary alicyclic amines) is 1. The van der Waals surface area contributed by atoms with Gasteiger partial charge in [0, 0.05) is 25.4 Å². The number of carbonyl (C=O) groups excluding carboxylic acids is 2. The number of alkyl carbamates (subject to hydrolysis) is 1. The predicted octanol–water partition coefficient (Wildman–Crippen LogP) is 4.02. The first kappa shape index (κ1) is 22.4. The number of benzene rings is 2. The highest BCUT2D eigenvalue weighted by atomic mass is 16.5. The summed E-state index contributed by atoms with van der Waals surface area (Å²) in [6.45, 7) is 1.52. The SMILES string of the molecule is O=C(O)CCC(NC(=O)OCC1c2ccccc2-c2ccccc21)C(=O)N1CC(CC2CC2)C1. The van der Waals surface area contributed by atoms with Crippen LogP contribution in [0.4, 0.5) is 4.79 Å². The zero-order valence-electron chi connectivity index (χ0n) is 19.1. The highest BCUT2D eigenvalue weighted by Gasteiger charge is 2.38. The molecule has 0 spiro atoms. The molecule has 3 aliphatic rings. The van der Waals surface area contributed by atoms with E-state index in [4.69, 9.17) is 9.84 Å². The third kappa shape index (κ3) is 4.79. The third-order valence-corrected chi connectivity index (χ3v) is 7.21. The summed E-state index contributed by atoms with van der Waals surface area (Å²) >= 11 is 0. The number of carboxylic acids is 1. The van der Waals surface area contributed by atoms with Crippen molar-refractivity contribution in [2.24, 2.45) is 11.8 Å². The van der Waals surface area contributed by atoms with Gasteiger partial charge in [-0.25, -0.2) is 4.79 Å². The normalized spacial score (nSPS) is 17.9. The predicted molar refractivity (Wildman–Crippen MR) is 126 cm³/mol. The van der Waals surface area contributed by atoms with Gasteiger partial charge < -0.3 is 20.1 Å². The van der Waals surface area contributed by atoms with Gasteiger partial charge in [-0.15, -0.1) is 0 Å². The summed E-state index contributed by atoms with van der Waals surface area (Å²) < 4.78 is 5.57. The molecule has 2 amide bonds. The maximum atomic E-state index is 13.0. The number of nitrogens with zero attached hydrogens (tertiary/aromatic N) is 1. The van der Waals surface area contributed by atoms with Crippen LogP contribution >= 0.6 is 0 Å². The summed E-state index contributed by atoms with van der Waals surface area (Å²) in [7, 11) is 0. The molecule has 178 valence electrons. The van der Waals surface area contributed by atoms with Crippen LogP contribution in [0.1, 0.15) is 49.1 Å². The van der Waals surface area contributed by atoms with E-state index >= 15 is 0 Å². The van der Waals surface area contributed by atoms with Gasteiger partial charge in [0.05, 0.1) is 0 Å². The standard InChI is InChI=1S/C27H30N2O5/c30-25(31)12-11-24(26(32)29-14-18(15-29)13-17-9-10-17)28-27(33)34-16-23-21-7-3-1-5-19(21)20-6-2-4-8-22(20)23/h1-8,17-18,23-24H,9-16H2,(H,28,33)(H,30,31). The Hall–Kier alpha value is -3.35. The number of carboxylic acid groups (broad SMARTS) is 1. The Kier molecular flexibility index (Phi) is 6.26. The van der Waals surface area contributed by atoms with E-state index in [1.165, 1.54) is 12.8 Å². The minimum absolute atomic E-state index is 0.0438. The van der Waals surface area contributed by atoms with Gasteiger partial charge in [-0.3, -0.25) is 9.59 Å². The molecule has 5 rings (SSSR count). The van der Waals surface area contributed by atoms with E-state index in [0.717, 1.165) is 34.6 Å². The van der Waals surface area contributed by atoms with Crippen molar-refractivity contribution in [3.8, 4) is 11.1 Å². The van der Waals surface area contributed by atoms with E-state index in [2.05, 4.69) is 17.4 Å². The molecular formula is C27H30N2O5. The average molecular weight is 463 g/mol. The summed E-state index contributed by atoms with van der Waals surface area (Å²) in [5, 5.41) is 11.7. The molecule has 1 aliphatic heterocycles. The molecule has 1 saturated heterocycles. The molecule has 0 bridgehead atoms. The minimum atomic E-state index is -0.998. The number of amides is 2. The fraction of sp³-hybridized carbons (Fsp3) is 0.444. The van der Waals surface area contributed by atoms with Gasteiger partial charge in [-0.05, 0) is 46.9 Å². The van der Waals surface area contributed by atoms with Crippen LogP contribution in [0.3, 0.4) is 0 Å². The van der Waals surface area contributed by atoms with Crippen molar-refractivity contribution in [3.63, 3.8) is 0 Å². The van der Waals surface area contributed by atoms with Crippen LogP contribution < -0.4 is 5.32 Å². The van der Waals surface area contributed by atoms with Crippen LogP contribution in [0.5, 0.6) is 0 Å². The van der Waals surface area contributed by atoms with Crippen LogP contribution in [0, 0.1) is 11.8 Å². The van der Waals surface area contributed by atoms with Crippen molar-refractivity contribution in [2.75, 3.05) is 19.7 Å². The Morgan fingerprint density at radius 3 is 2.18 bits per heavy atom. The largest absolute Gasteiger partial charge is 0.481 e. The van der Waals surface area contributed by atoms with E-state index in [0.29, 0.717) is 19.0 Å². The van der Waals surface area contributed by atoms with Gasteiger partial charge in [0.2, 0.25) is 5.91 Å². The lowest BCUT2D eigenvalue weighted by molar-refractivity contribution is -0.141.